The zero-order valence-corrected chi connectivity index (χ0v) is 15.8. The van der Waals surface area contributed by atoms with Crippen molar-refractivity contribution in [3.05, 3.63) is 71.0 Å². The van der Waals surface area contributed by atoms with E-state index < -0.39 is 5.91 Å². The molecule has 1 amide bonds. The summed E-state index contributed by atoms with van der Waals surface area (Å²) in [5.41, 5.74) is 2.61. The number of para-hydroxylation sites is 2. The molecule has 0 radical (unpaired) electrons. The van der Waals surface area contributed by atoms with Crippen molar-refractivity contribution in [2.24, 2.45) is 0 Å². The molecular formula is C21H19N5O3. The third-order valence-electron chi connectivity index (χ3n) is 4.27. The molecule has 0 aliphatic carbocycles. The summed E-state index contributed by atoms with van der Waals surface area (Å²) in [7, 11) is 0. The molecule has 8 nitrogen and oxygen atoms in total. The van der Waals surface area contributed by atoms with E-state index in [4.69, 9.17) is 4.74 Å². The molecule has 0 saturated carbocycles. The van der Waals surface area contributed by atoms with Crippen molar-refractivity contribution in [3.63, 3.8) is 0 Å². The largest absolute Gasteiger partial charge is 0.494 e. The van der Waals surface area contributed by atoms with E-state index in [9.17, 15) is 9.59 Å². The van der Waals surface area contributed by atoms with E-state index in [1.54, 1.807) is 6.07 Å². The third kappa shape index (κ3) is 4.16. The molecule has 0 bridgehead atoms. The number of carbonyl (C=O) groups excluding carboxylic acids is 1. The van der Waals surface area contributed by atoms with E-state index in [1.165, 1.54) is 6.07 Å². The second-order valence-electron chi connectivity index (χ2n) is 6.32. The number of hydrogen-bond acceptors (Lipinski definition) is 5. The van der Waals surface area contributed by atoms with Gasteiger partial charge in [-0.2, -0.15) is 5.10 Å². The van der Waals surface area contributed by atoms with Crippen LogP contribution in [0, 0.1) is 0 Å². The fraction of sp³-hybridized carbons (Fsp3) is 0.143. The lowest BCUT2D eigenvalue weighted by atomic mass is 10.1. The Morgan fingerprint density at radius 3 is 2.66 bits per heavy atom. The van der Waals surface area contributed by atoms with Gasteiger partial charge in [0.2, 0.25) is 11.9 Å². The molecule has 0 saturated heterocycles. The highest BCUT2D eigenvalue weighted by Crippen LogP contribution is 2.20. The van der Waals surface area contributed by atoms with Crippen molar-refractivity contribution in [2.75, 3.05) is 11.9 Å². The zero-order chi connectivity index (χ0) is 20.2. The Balaban J connectivity index is 1.51. The van der Waals surface area contributed by atoms with Crippen molar-refractivity contribution in [1.82, 2.24) is 19.7 Å². The van der Waals surface area contributed by atoms with Crippen molar-refractivity contribution in [1.29, 1.82) is 0 Å². The van der Waals surface area contributed by atoms with E-state index in [0.29, 0.717) is 18.2 Å². The maximum atomic E-state index is 12.4. The van der Waals surface area contributed by atoms with Crippen LogP contribution in [-0.4, -0.2) is 32.3 Å². The van der Waals surface area contributed by atoms with E-state index in [2.05, 4.69) is 20.4 Å². The highest BCUT2D eigenvalue weighted by Gasteiger charge is 2.11. The van der Waals surface area contributed by atoms with Gasteiger partial charge in [0.1, 0.15) is 12.3 Å². The van der Waals surface area contributed by atoms with Crippen LogP contribution in [0.4, 0.5) is 5.95 Å². The average molecular weight is 389 g/mol. The van der Waals surface area contributed by atoms with Crippen LogP contribution in [-0.2, 0) is 11.3 Å². The lowest BCUT2D eigenvalue weighted by Crippen LogP contribution is -2.29. The second-order valence-corrected chi connectivity index (χ2v) is 6.32. The van der Waals surface area contributed by atoms with Crippen molar-refractivity contribution >= 4 is 22.9 Å². The van der Waals surface area contributed by atoms with Gasteiger partial charge in [-0.1, -0.05) is 12.1 Å². The van der Waals surface area contributed by atoms with Crippen molar-refractivity contribution in [2.45, 2.75) is 13.5 Å². The summed E-state index contributed by atoms with van der Waals surface area (Å²) in [6.45, 7) is 2.28. The number of anilines is 1. The number of nitrogens with one attached hydrogen (secondary N) is 2. The lowest BCUT2D eigenvalue weighted by molar-refractivity contribution is -0.117. The second kappa shape index (κ2) is 7.97. The smallest absolute Gasteiger partial charge is 0.267 e. The van der Waals surface area contributed by atoms with Gasteiger partial charge < -0.3 is 9.72 Å². The Labute approximate surface area is 166 Å². The first kappa shape index (κ1) is 18.4. The molecule has 8 heteroatoms. The molecule has 0 aliphatic heterocycles. The van der Waals surface area contributed by atoms with Crippen LogP contribution < -0.4 is 15.6 Å². The number of carbonyl (C=O) groups is 1. The Kier molecular flexibility index (Phi) is 5.07. The minimum atomic E-state index is -0.400. The highest BCUT2D eigenvalue weighted by molar-refractivity contribution is 5.90. The predicted molar refractivity (Wildman–Crippen MR) is 110 cm³/mol. The molecule has 146 valence electrons. The summed E-state index contributed by atoms with van der Waals surface area (Å²) in [6, 6.07) is 17.9. The first-order valence-electron chi connectivity index (χ1n) is 9.18. The number of H-pyrrole nitrogens is 1. The fourth-order valence-corrected chi connectivity index (χ4v) is 2.92. The van der Waals surface area contributed by atoms with Gasteiger partial charge in [-0.15, -0.1) is 0 Å². The van der Waals surface area contributed by atoms with E-state index >= 15 is 0 Å². The minimum absolute atomic E-state index is 0.221. The lowest BCUT2D eigenvalue weighted by Gasteiger charge is -2.08. The summed E-state index contributed by atoms with van der Waals surface area (Å²) < 4.78 is 6.56. The Morgan fingerprint density at radius 2 is 1.90 bits per heavy atom. The molecule has 2 N–H and O–H groups in total. The summed E-state index contributed by atoms with van der Waals surface area (Å²) in [6.07, 6.45) is 0. The molecule has 0 spiro atoms. The number of aromatic nitrogens is 4. The van der Waals surface area contributed by atoms with Gasteiger partial charge in [-0.05, 0) is 49.4 Å². The molecule has 2 aromatic heterocycles. The molecule has 2 heterocycles. The number of amides is 1. The van der Waals surface area contributed by atoms with Crippen LogP contribution in [0.15, 0.2) is 65.5 Å². The summed E-state index contributed by atoms with van der Waals surface area (Å²) in [5, 5.41) is 6.98. The number of ether oxygens (including phenoxy) is 1. The molecule has 4 rings (SSSR count). The van der Waals surface area contributed by atoms with Crippen LogP contribution in [0.1, 0.15) is 6.92 Å². The Morgan fingerprint density at radius 1 is 1.10 bits per heavy atom. The molecule has 29 heavy (non-hydrogen) atoms. The topological polar surface area (TPSA) is 102 Å². The number of benzene rings is 2. The number of rotatable bonds is 6. The molecular weight excluding hydrogens is 370 g/mol. The average Bonchev–Trinajstić information content (AvgIpc) is 3.12. The maximum absolute atomic E-state index is 12.4. The van der Waals surface area contributed by atoms with Gasteiger partial charge >= 0.3 is 0 Å². The normalized spacial score (nSPS) is 10.8. The van der Waals surface area contributed by atoms with Gasteiger partial charge in [0.05, 0.1) is 23.3 Å². The van der Waals surface area contributed by atoms with Crippen molar-refractivity contribution < 1.29 is 9.53 Å². The first-order chi connectivity index (χ1) is 14.1. The number of hydrogen-bond donors (Lipinski definition) is 2. The SMILES string of the molecule is CCOc1ccc(-c2ccc(=O)n(CC(=O)Nc3nc4ccccc4[nH]3)n2)cc1. The summed E-state index contributed by atoms with van der Waals surface area (Å²) >= 11 is 0. The van der Waals surface area contributed by atoms with E-state index in [1.807, 2.05) is 55.5 Å². The Hall–Kier alpha value is -3.94. The predicted octanol–water partition coefficient (Wildman–Crippen LogP) is 2.82. The van der Waals surface area contributed by atoms with Crippen molar-refractivity contribution in [3.8, 4) is 17.0 Å². The quantitative estimate of drug-likeness (QED) is 0.528. The molecule has 0 fully saturated rings. The highest BCUT2D eigenvalue weighted by atomic mass is 16.5. The third-order valence-corrected chi connectivity index (χ3v) is 4.27. The Bertz CT molecular complexity index is 1180. The molecule has 0 atom stereocenters. The van der Waals surface area contributed by atoms with E-state index in [-0.39, 0.29) is 12.1 Å². The van der Waals surface area contributed by atoms with Gasteiger partial charge in [0, 0.05) is 11.6 Å². The van der Waals surface area contributed by atoms with Crippen LogP contribution in [0.25, 0.3) is 22.3 Å². The summed E-state index contributed by atoms with van der Waals surface area (Å²) in [5.74, 6) is 0.684. The number of imidazole rings is 1. The van der Waals surface area contributed by atoms with Gasteiger partial charge in [-0.25, -0.2) is 9.67 Å². The fourth-order valence-electron chi connectivity index (χ4n) is 2.92. The van der Waals surface area contributed by atoms with Crippen LogP contribution in [0.3, 0.4) is 0 Å². The van der Waals surface area contributed by atoms with Crippen LogP contribution >= 0.6 is 0 Å². The minimum Gasteiger partial charge on any atom is -0.494 e. The molecule has 2 aromatic carbocycles. The van der Waals surface area contributed by atoms with Gasteiger partial charge in [-0.3, -0.25) is 14.9 Å². The molecule has 4 aromatic rings. The number of nitrogens with zero attached hydrogens (tertiary/aromatic N) is 3. The number of aromatic amines is 1. The maximum Gasteiger partial charge on any atom is 0.267 e. The standard InChI is InChI=1S/C21H19N5O3/c1-2-29-15-9-7-14(8-10-15)16-11-12-20(28)26(25-16)13-19(27)24-21-22-17-5-3-4-6-18(17)23-21/h3-12H,2,13H2,1H3,(H2,22,23,24,27). The summed E-state index contributed by atoms with van der Waals surface area (Å²) in [4.78, 5) is 31.9. The van der Waals surface area contributed by atoms with Crippen LogP contribution in [0.5, 0.6) is 5.75 Å². The molecule has 0 unspecified atom stereocenters. The van der Waals surface area contributed by atoms with Gasteiger partial charge in [0.25, 0.3) is 5.56 Å². The zero-order valence-electron chi connectivity index (χ0n) is 15.8. The van der Waals surface area contributed by atoms with Gasteiger partial charge in [0.15, 0.2) is 0 Å². The van der Waals surface area contributed by atoms with E-state index in [0.717, 1.165) is 27.0 Å². The monoisotopic (exact) mass is 389 g/mol. The number of fused-ring (bicyclic) bond motifs is 1. The van der Waals surface area contributed by atoms with Crippen LogP contribution in [0.2, 0.25) is 0 Å². The molecule has 0 aliphatic rings. The first-order valence-corrected chi connectivity index (χ1v) is 9.18.